The van der Waals surface area contributed by atoms with Crippen LogP contribution < -0.4 is 5.32 Å². The highest BCUT2D eigenvalue weighted by Crippen LogP contribution is 2.25. The third kappa shape index (κ3) is 4.36. The van der Waals surface area contributed by atoms with Crippen molar-refractivity contribution in [2.45, 2.75) is 52.5 Å². The van der Waals surface area contributed by atoms with E-state index in [-0.39, 0.29) is 17.8 Å². The molecule has 17 heavy (non-hydrogen) atoms. The zero-order valence-corrected chi connectivity index (χ0v) is 11.0. The zero-order chi connectivity index (χ0) is 12.8. The van der Waals surface area contributed by atoms with Gasteiger partial charge in [-0.3, -0.25) is 4.79 Å². The van der Waals surface area contributed by atoms with Crippen LogP contribution in [0, 0.1) is 11.8 Å². The summed E-state index contributed by atoms with van der Waals surface area (Å²) in [6.07, 6.45) is 3.24. The van der Waals surface area contributed by atoms with Gasteiger partial charge in [0.1, 0.15) is 6.04 Å². The molecule has 0 aliphatic carbocycles. The van der Waals surface area contributed by atoms with Crippen molar-refractivity contribution in [1.29, 1.82) is 0 Å². The molecule has 4 nitrogen and oxygen atoms in total. The summed E-state index contributed by atoms with van der Waals surface area (Å²) < 4.78 is 5.04. The number of rotatable bonds is 4. The first-order valence-corrected chi connectivity index (χ1v) is 6.50. The molecule has 1 rings (SSSR count). The Kier molecular flexibility index (Phi) is 5.45. The summed E-state index contributed by atoms with van der Waals surface area (Å²) in [6, 6.07) is -0.452. The predicted octanol–water partition coefficient (Wildman–Crippen LogP) is 1.88. The molecule has 0 aromatic heterocycles. The Morgan fingerprint density at radius 3 is 2.82 bits per heavy atom. The average Bonchev–Trinajstić information content (AvgIpc) is 2.40. The second-order valence-corrected chi connectivity index (χ2v) is 5.08. The van der Waals surface area contributed by atoms with Crippen molar-refractivity contribution in [3.8, 4) is 0 Å². The van der Waals surface area contributed by atoms with Crippen molar-refractivity contribution < 1.29 is 14.3 Å². The van der Waals surface area contributed by atoms with E-state index in [0.29, 0.717) is 18.9 Å². The Labute approximate surface area is 103 Å². The summed E-state index contributed by atoms with van der Waals surface area (Å²) in [5.74, 6) is 0.412. The second kappa shape index (κ2) is 6.62. The maximum atomic E-state index is 11.9. The highest BCUT2D eigenvalue weighted by Gasteiger charge is 2.33. The molecule has 0 aromatic rings. The van der Waals surface area contributed by atoms with Gasteiger partial charge in [-0.15, -0.1) is 0 Å². The molecule has 1 fully saturated rings. The van der Waals surface area contributed by atoms with Crippen LogP contribution >= 0.6 is 0 Å². The number of esters is 1. The number of hydrogen-bond acceptors (Lipinski definition) is 3. The molecule has 2 atom stereocenters. The molecule has 1 aliphatic rings. The van der Waals surface area contributed by atoms with Gasteiger partial charge in [-0.05, 0) is 38.0 Å². The fourth-order valence-corrected chi connectivity index (χ4v) is 2.40. The molecule has 98 valence electrons. The van der Waals surface area contributed by atoms with Crippen LogP contribution in [0.2, 0.25) is 0 Å². The van der Waals surface area contributed by atoms with Gasteiger partial charge in [0.2, 0.25) is 5.91 Å². The van der Waals surface area contributed by atoms with E-state index in [4.69, 9.17) is 4.74 Å². The lowest BCUT2D eigenvalue weighted by atomic mass is 9.87. The lowest BCUT2D eigenvalue weighted by Crippen LogP contribution is -2.45. The molecule has 1 heterocycles. The van der Waals surface area contributed by atoms with Gasteiger partial charge in [-0.2, -0.15) is 0 Å². The Hall–Kier alpha value is -1.06. The van der Waals surface area contributed by atoms with Gasteiger partial charge in [-0.25, -0.2) is 4.79 Å². The van der Waals surface area contributed by atoms with E-state index >= 15 is 0 Å². The molecule has 0 saturated carbocycles. The van der Waals surface area contributed by atoms with Crippen molar-refractivity contribution in [1.82, 2.24) is 5.32 Å². The van der Waals surface area contributed by atoms with Gasteiger partial charge in [0.05, 0.1) is 6.61 Å². The number of ether oxygens (including phenoxy) is 1. The molecule has 0 aromatic carbocycles. The van der Waals surface area contributed by atoms with Crippen LogP contribution in [0.25, 0.3) is 0 Å². The van der Waals surface area contributed by atoms with Crippen LogP contribution in [-0.4, -0.2) is 24.5 Å². The third-order valence-electron chi connectivity index (χ3n) is 3.08. The third-order valence-corrected chi connectivity index (χ3v) is 3.08. The largest absolute Gasteiger partial charge is 0.464 e. The molecule has 1 aliphatic heterocycles. The van der Waals surface area contributed by atoms with Gasteiger partial charge < -0.3 is 10.1 Å². The van der Waals surface area contributed by atoms with Gasteiger partial charge in [0, 0.05) is 6.42 Å². The Morgan fingerprint density at radius 2 is 2.24 bits per heavy atom. The first-order chi connectivity index (χ1) is 8.04. The van der Waals surface area contributed by atoms with Crippen molar-refractivity contribution >= 4 is 11.9 Å². The number of hydrogen-bond donors (Lipinski definition) is 1. The number of amides is 1. The van der Waals surface area contributed by atoms with Gasteiger partial charge >= 0.3 is 5.97 Å². The van der Waals surface area contributed by atoms with Gasteiger partial charge in [-0.1, -0.05) is 13.8 Å². The van der Waals surface area contributed by atoms with E-state index < -0.39 is 6.04 Å². The predicted molar refractivity (Wildman–Crippen MR) is 65.4 cm³/mol. The van der Waals surface area contributed by atoms with E-state index in [1.165, 1.54) is 0 Å². The molecule has 1 N–H and O–H groups in total. The molecule has 0 bridgehead atoms. The molecule has 1 amide bonds. The van der Waals surface area contributed by atoms with E-state index in [9.17, 15) is 9.59 Å². The van der Waals surface area contributed by atoms with E-state index in [2.05, 4.69) is 19.2 Å². The summed E-state index contributed by atoms with van der Waals surface area (Å²) in [5, 5.41) is 2.81. The van der Waals surface area contributed by atoms with Crippen molar-refractivity contribution in [3.63, 3.8) is 0 Å². The average molecular weight is 241 g/mol. The van der Waals surface area contributed by atoms with Crippen LogP contribution in [0.4, 0.5) is 0 Å². The standard InChI is InChI=1S/C13H23NO3/c1-4-17-13(16)12-10(8-9(2)3)6-5-7-11(15)14-12/h9-10,12H,4-8H2,1-3H3,(H,14,15). The summed E-state index contributed by atoms with van der Waals surface area (Å²) in [7, 11) is 0. The highest BCUT2D eigenvalue weighted by atomic mass is 16.5. The van der Waals surface area contributed by atoms with Crippen molar-refractivity contribution in [2.75, 3.05) is 6.61 Å². The summed E-state index contributed by atoms with van der Waals surface area (Å²) >= 11 is 0. The summed E-state index contributed by atoms with van der Waals surface area (Å²) in [6.45, 7) is 6.41. The van der Waals surface area contributed by atoms with Crippen LogP contribution in [0.5, 0.6) is 0 Å². The van der Waals surface area contributed by atoms with Crippen LogP contribution in [0.15, 0.2) is 0 Å². The minimum atomic E-state index is -0.452. The molecule has 0 radical (unpaired) electrons. The summed E-state index contributed by atoms with van der Waals surface area (Å²) in [5.41, 5.74) is 0. The topological polar surface area (TPSA) is 55.4 Å². The van der Waals surface area contributed by atoms with E-state index in [0.717, 1.165) is 19.3 Å². The van der Waals surface area contributed by atoms with Crippen LogP contribution in [0.3, 0.4) is 0 Å². The van der Waals surface area contributed by atoms with Gasteiger partial charge in [0.25, 0.3) is 0 Å². The van der Waals surface area contributed by atoms with Crippen LogP contribution in [-0.2, 0) is 14.3 Å². The molecule has 4 heteroatoms. The Balaban J connectivity index is 2.73. The van der Waals surface area contributed by atoms with E-state index in [1.807, 2.05) is 0 Å². The number of carbonyl (C=O) groups excluding carboxylic acids is 2. The fourth-order valence-electron chi connectivity index (χ4n) is 2.40. The van der Waals surface area contributed by atoms with Crippen molar-refractivity contribution in [2.24, 2.45) is 11.8 Å². The Bertz CT molecular complexity index is 276. The quantitative estimate of drug-likeness (QED) is 0.765. The summed E-state index contributed by atoms with van der Waals surface area (Å²) in [4.78, 5) is 23.4. The zero-order valence-electron chi connectivity index (χ0n) is 11.0. The minimum Gasteiger partial charge on any atom is -0.464 e. The highest BCUT2D eigenvalue weighted by molar-refractivity contribution is 5.85. The van der Waals surface area contributed by atoms with Crippen LogP contribution in [0.1, 0.15) is 46.5 Å². The first kappa shape index (κ1) is 14.0. The molecule has 1 saturated heterocycles. The molecular formula is C13H23NO3. The van der Waals surface area contributed by atoms with Crippen molar-refractivity contribution in [3.05, 3.63) is 0 Å². The number of carbonyl (C=O) groups is 2. The minimum absolute atomic E-state index is 0.0330. The first-order valence-electron chi connectivity index (χ1n) is 6.50. The maximum absolute atomic E-state index is 11.9. The molecule has 2 unspecified atom stereocenters. The monoisotopic (exact) mass is 241 g/mol. The normalized spacial score (nSPS) is 25.3. The van der Waals surface area contributed by atoms with Gasteiger partial charge in [0.15, 0.2) is 0 Å². The lowest BCUT2D eigenvalue weighted by molar-refractivity contribution is -0.148. The molecule has 0 spiro atoms. The lowest BCUT2D eigenvalue weighted by Gasteiger charge is -2.25. The number of nitrogens with one attached hydrogen (secondary N) is 1. The Morgan fingerprint density at radius 1 is 1.53 bits per heavy atom. The smallest absolute Gasteiger partial charge is 0.328 e. The SMILES string of the molecule is CCOC(=O)C1NC(=O)CCCC1CC(C)C. The maximum Gasteiger partial charge on any atom is 0.328 e. The van der Waals surface area contributed by atoms with E-state index in [1.54, 1.807) is 6.92 Å². The second-order valence-electron chi connectivity index (χ2n) is 5.08. The fraction of sp³-hybridized carbons (Fsp3) is 0.846. The molecular weight excluding hydrogens is 218 g/mol.